The van der Waals surface area contributed by atoms with E-state index in [1.807, 2.05) is 37.4 Å². The first-order valence-electron chi connectivity index (χ1n) is 9.23. The van der Waals surface area contributed by atoms with Crippen LogP contribution in [0.3, 0.4) is 0 Å². The average Bonchev–Trinajstić information content (AvgIpc) is 3.12. The molecular weight excluding hydrogens is 385 g/mol. The smallest absolute Gasteiger partial charge is 0.227 e. The van der Waals surface area contributed by atoms with Crippen LogP contribution in [0.25, 0.3) is 11.5 Å². The van der Waals surface area contributed by atoms with Gasteiger partial charge < -0.3 is 9.73 Å². The van der Waals surface area contributed by atoms with E-state index in [4.69, 9.17) is 4.42 Å². The molecule has 29 heavy (non-hydrogen) atoms. The van der Waals surface area contributed by atoms with Crippen LogP contribution in [0.15, 0.2) is 81.4 Å². The van der Waals surface area contributed by atoms with Gasteiger partial charge in [0.2, 0.25) is 5.89 Å². The molecule has 0 saturated carbocycles. The van der Waals surface area contributed by atoms with Crippen LogP contribution in [-0.4, -0.2) is 9.97 Å². The summed E-state index contributed by atoms with van der Waals surface area (Å²) in [7, 11) is 0. The number of oxazole rings is 1. The topological polar surface area (TPSA) is 51.0 Å². The standard InChI is InChI=1S/C23H20FN3OS/c1-15-3-10-19(11-4-15)25-14-20-23(29-21-12-5-16(2)13-26-21)28-22(27-20)17-6-8-18(24)9-7-17/h3-13,25H,14H2,1-2H3. The highest BCUT2D eigenvalue weighted by molar-refractivity contribution is 7.99. The van der Waals surface area contributed by atoms with Crippen molar-refractivity contribution in [3.05, 3.63) is 89.5 Å². The van der Waals surface area contributed by atoms with Crippen LogP contribution in [0.4, 0.5) is 10.1 Å². The second-order valence-corrected chi connectivity index (χ2v) is 7.75. The van der Waals surface area contributed by atoms with Crippen LogP contribution in [0.2, 0.25) is 0 Å². The van der Waals surface area contributed by atoms with E-state index in [-0.39, 0.29) is 5.82 Å². The maximum absolute atomic E-state index is 13.3. The third-order valence-corrected chi connectivity index (χ3v) is 5.30. The van der Waals surface area contributed by atoms with E-state index in [1.165, 1.54) is 29.5 Å². The van der Waals surface area contributed by atoms with Crippen molar-refractivity contribution in [2.24, 2.45) is 0 Å². The molecule has 146 valence electrons. The Kier molecular flexibility index (Phi) is 5.62. The summed E-state index contributed by atoms with van der Waals surface area (Å²) in [6.45, 7) is 4.56. The van der Waals surface area contributed by atoms with Crippen LogP contribution >= 0.6 is 11.8 Å². The van der Waals surface area contributed by atoms with Gasteiger partial charge in [-0.15, -0.1) is 0 Å². The Bertz CT molecular complexity index is 1090. The first kappa shape index (κ1) is 19.2. The van der Waals surface area contributed by atoms with Gasteiger partial charge in [0.05, 0.1) is 6.54 Å². The Morgan fingerprint density at radius 3 is 2.34 bits per heavy atom. The van der Waals surface area contributed by atoms with Crippen LogP contribution in [0.1, 0.15) is 16.8 Å². The van der Waals surface area contributed by atoms with Gasteiger partial charge in [0.15, 0.2) is 5.09 Å². The first-order valence-corrected chi connectivity index (χ1v) is 10.1. The molecule has 0 aliphatic heterocycles. The summed E-state index contributed by atoms with van der Waals surface area (Å²) < 4.78 is 19.3. The minimum Gasteiger partial charge on any atom is -0.429 e. The highest BCUT2D eigenvalue weighted by atomic mass is 32.2. The number of nitrogens with one attached hydrogen (secondary N) is 1. The number of rotatable bonds is 6. The molecule has 0 radical (unpaired) electrons. The number of anilines is 1. The molecule has 0 atom stereocenters. The molecule has 0 spiro atoms. The summed E-state index contributed by atoms with van der Waals surface area (Å²) in [5, 5.41) is 4.88. The van der Waals surface area contributed by atoms with Crippen molar-refractivity contribution in [3.8, 4) is 11.5 Å². The van der Waals surface area contributed by atoms with Gasteiger partial charge in [0.1, 0.15) is 16.5 Å². The SMILES string of the molecule is Cc1ccc(NCc2nc(-c3ccc(F)cc3)oc2Sc2ccc(C)cn2)cc1. The quantitative estimate of drug-likeness (QED) is 0.410. The average molecular weight is 405 g/mol. The lowest BCUT2D eigenvalue weighted by Gasteiger charge is -2.06. The van der Waals surface area contributed by atoms with Crippen LogP contribution in [0, 0.1) is 19.7 Å². The van der Waals surface area contributed by atoms with Gasteiger partial charge in [-0.1, -0.05) is 23.8 Å². The summed E-state index contributed by atoms with van der Waals surface area (Å²) in [6, 6.07) is 18.3. The fraction of sp³-hybridized carbons (Fsp3) is 0.130. The van der Waals surface area contributed by atoms with Gasteiger partial charge in [-0.3, -0.25) is 0 Å². The Balaban J connectivity index is 1.61. The predicted molar refractivity (Wildman–Crippen MR) is 113 cm³/mol. The fourth-order valence-corrected chi connectivity index (χ4v) is 3.50. The number of aryl methyl sites for hydroxylation is 2. The van der Waals surface area contributed by atoms with E-state index in [0.717, 1.165) is 27.5 Å². The number of pyridine rings is 1. The second kappa shape index (κ2) is 8.49. The van der Waals surface area contributed by atoms with Gasteiger partial charge in [0.25, 0.3) is 0 Å². The molecule has 2 heterocycles. The van der Waals surface area contributed by atoms with Gasteiger partial charge in [-0.2, -0.15) is 0 Å². The summed E-state index contributed by atoms with van der Waals surface area (Å²) >= 11 is 1.42. The van der Waals surface area contributed by atoms with Crippen molar-refractivity contribution in [3.63, 3.8) is 0 Å². The summed E-state index contributed by atoms with van der Waals surface area (Å²) in [6.07, 6.45) is 1.82. The Morgan fingerprint density at radius 2 is 1.66 bits per heavy atom. The second-order valence-electron chi connectivity index (χ2n) is 6.76. The number of nitrogens with zero attached hydrogens (tertiary/aromatic N) is 2. The van der Waals surface area contributed by atoms with E-state index in [0.29, 0.717) is 17.5 Å². The number of benzene rings is 2. The molecule has 0 aliphatic rings. The van der Waals surface area contributed by atoms with Crippen molar-refractivity contribution in [1.82, 2.24) is 9.97 Å². The minimum atomic E-state index is -0.292. The lowest BCUT2D eigenvalue weighted by Crippen LogP contribution is -2.01. The predicted octanol–water partition coefficient (Wildman–Crippen LogP) is 6.26. The zero-order valence-corrected chi connectivity index (χ0v) is 17.0. The normalized spacial score (nSPS) is 10.9. The maximum atomic E-state index is 13.3. The van der Waals surface area contributed by atoms with E-state index in [9.17, 15) is 4.39 Å². The van der Waals surface area contributed by atoms with Gasteiger partial charge in [0, 0.05) is 17.4 Å². The third-order valence-electron chi connectivity index (χ3n) is 4.35. The molecule has 0 fully saturated rings. The Morgan fingerprint density at radius 1 is 0.931 bits per heavy atom. The molecule has 4 nitrogen and oxygen atoms in total. The number of aromatic nitrogens is 2. The van der Waals surface area contributed by atoms with E-state index in [1.54, 1.807) is 12.1 Å². The molecule has 0 amide bonds. The Labute approximate surface area is 173 Å². The molecule has 6 heteroatoms. The van der Waals surface area contributed by atoms with Crippen molar-refractivity contribution in [2.45, 2.75) is 30.5 Å². The van der Waals surface area contributed by atoms with E-state index >= 15 is 0 Å². The fourth-order valence-electron chi connectivity index (χ4n) is 2.71. The lowest BCUT2D eigenvalue weighted by molar-refractivity contribution is 0.479. The van der Waals surface area contributed by atoms with Crippen LogP contribution < -0.4 is 5.32 Å². The van der Waals surface area contributed by atoms with Crippen molar-refractivity contribution >= 4 is 17.4 Å². The molecule has 0 saturated heterocycles. The number of halogens is 1. The molecule has 0 bridgehead atoms. The molecule has 4 rings (SSSR count). The molecule has 2 aromatic heterocycles. The summed E-state index contributed by atoms with van der Waals surface area (Å²) in [5.74, 6) is 0.167. The van der Waals surface area contributed by atoms with Crippen LogP contribution in [-0.2, 0) is 6.54 Å². The highest BCUT2D eigenvalue weighted by Gasteiger charge is 2.17. The van der Waals surface area contributed by atoms with Gasteiger partial charge >= 0.3 is 0 Å². The third kappa shape index (κ3) is 4.84. The molecule has 4 aromatic rings. The molecule has 0 aliphatic carbocycles. The zero-order chi connectivity index (χ0) is 20.2. The van der Waals surface area contributed by atoms with Gasteiger partial charge in [-0.25, -0.2) is 14.4 Å². The molecular formula is C23H20FN3OS. The van der Waals surface area contributed by atoms with E-state index < -0.39 is 0 Å². The lowest BCUT2D eigenvalue weighted by atomic mass is 10.2. The largest absolute Gasteiger partial charge is 0.429 e. The van der Waals surface area contributed by atoms with Crippen molar-refractivity contribution in [2.75, 3.05) is 5.32 Å². The van der Waals surface area contributed by atoms with E-state index in [2.05, 4.69) is 34.3 Å². The highest BCUT2D eigenvalue weighted by Crippen LogP contribution is 2.33. The number of hydrogen-bond donors (Lipinski definition) is 1. The number of hydrogen-bond acceptors (Lipinski definition) is 5. The molecule has 2 aromatic carbocycles. The van der Waals surface area contributed by atoms with Crippen molar-refractivity contribution < 1.29 is 8.81 Å². The zero-order valence-electron chi connectivity index (χ0n) is 16.1. The Hall–Kier alpha value is -3.12. The molecule has 0 unspecified atom stereocenters. The maximum Gasteiger partial charge on any atom is 0.227 e. The van der Waals surface area contributed by atoms with Crippen LogP contribution in [0.5, 0.6) is 0 Å². The molecule has 1 N–H and O–H groups in total. The van der Waals surface area contributed by atoms with Crippen molar-refractivity contribution in [1.29, 1.82) is 0 Å². The summed E-state index contributed by atoms with van der Waals surface area (Å²) in [4.78, 5) is 9.10. The monoisotopic (exact) mass is 405 g/mol. The van der Waals surface area contributed by atoms with Gasteiger partial charge in [-0.05, 0) is 73.6 Å². The first-order chi connectivity index (χ1) is 14.1. The minimum absolute atomic E-state index is 0.292. The summed E-state index contributed by atoms with van der Waals surface area (Å²) in [5.41, 5.74) is 4.81.